The monoisotopic (exact) mass is 208 g/mol. The molecule has 0 atom stereocenters. The van der Waals surface area contributed by atoms with Gasteiger partial charge in [0.1, 0.15) is 4.87 Å². The molecule has 0 spiro atoms. The lowest BCUT2D eigenvalue weighted by molar-refractivity contribution is 0.0954. The zero-order valence-electron chi connectivity index (χ0n) is 8.38. The van der Waals surface area contributed by atoms with Crippen molar-refractivity contribution in [1.82, 2.24) is 0 Å². The van der Waals surface area contributed by atoms with E-state index in [2.05, 4.69) is 6.58 Å². The summed E-state index contributed by atoms with van der Waals surface area (Å²) in [6.45, 7) is 7.03. The second-order valence-electron chi connectivity index (χ2n) is 3.63. The van der Waals surface area contributed by atoms with Crippen LogP contribution in [0.15, 0.2) is 30.8 Å². The molecule has 2 heteroatoms. The van der Waals surface area contributed by atoms with Crippen LogP contribution < -0.4 is 0 Å². The number of benzene rings is 1. The van der Waals surface area contributed by atoms with Crippen molar-refractivity contribution < 1.29 is 4.79 Å². The molecule has 0 radical (unpaired) electrons. The zero-order chi connectivity index (χ0) is 10.8. The Bertz CT molecular complexity index is 344. The van der Waals surface area contributed by atoms with Crippen LogP contribution in [0.4, 0.5) is 0 Å². The maximum atomic E-state index is 11.7. The number of halogens is 1. The van der Waals surface area contributed by atoms with Crippen LogP contribution in [0, 0.1) is 0 Å². The quantitative estimate of drug-likeness (QED) is 0.549. The molecular weight excluding hydrogens is 196 g/mol. The van der Waals surface area contributed by atoms with E-state index in [9.17, 15) is 4.79 Å². The molecule has 0 fully saturated rings. The van der Waals surface area contributed by atoms with Crippen molar-refractivity contribution in [2.24, 2.45) is 0 Å². The lowest BCUT2D eigenvalue weighted by atomic mass is 9.99. The van der Waals surface area contributed by atoms with Gasteiger partial charge in [-0.25, -0.2) is 0 Å². The van der Waals surface area contributed by atoms with Crippen LogP contribution >= 0.6 is 11.6 Å². The van der Waals surface area contributed by atoms with Crippen molar-refractivity contribution in [3.8, 4) is 0 Å². The first-order valence-corrected chi connectivity index (χ1v) is 4.79. The first kappa shape index (κ1) is 11.0. The third-order valence-corrected chi connectivity index (χ3v) is 2.12. The summed E-state index contributed by atoms with van der Waals surface area (Å²) < 4.78 is 0. The summed E-state index contributed by atoms with van der Waals surface area (Å²) in [5, 5.41) is 0. The Morgan fingerprint density at radius 2 is 1.86 bits per heavy atom. The number of alkyl halides is 1. The lowest BCUT2D eigenvalue weighted by Gasteiger charge is -2.13. The van der Waals surface area contributed by atoms with E-state index in [1.165, 1.54) is 0 Å². The van der Waals surface area contributed by atoms with Crippen molar-refractivity contribution in [3.05, 3.63) is 42.0 Å². The average molecular weight is 209 g/mol. The van der Waals surface area contributed by atoms with Crippen molar-refractivity contribution in [2.75, 3.05) is 0 Å². The van der Waals surface area contributed by atoms with Crippen molar-refractivity contribution in [3.63, 3.8) is 0 Å². The van der Waals surface area contributed by atoms with Gasteiger partial charge in [0.25, 0.3) is 0 Å². The molecule has 1 aromatic carbocycles. The van der Waals surface area contributed by atoms with Crippen molar-refractivity contribution >= 4 is 23.5 Å². The number of ketones is 1. The Balaban J connectivity index is 2.98. The van der Waals surface area contributed by atoms with Gasteiger partial charge in [-0.1, -0.05) is 36.9 Å². The Morgan fingerprint density at radius 3 is 2.21 bits per heavy atom. The standard InChI is InChI=1S/C12H13ClO/c1-4-9-5-7-10(8-6-9)11(14)12(2,3)13/h4-8H,1H2,2-3H3. The van der Waals surface area contributed by atoms with E-state index in [1.807, 2.05) is 12.1 Å². The molecule has 0 saturated carbocycles. The average Bonchev–Trinajstić information content (AvgIpc) is 2.15. The van der Waals surface area contributed by atoms with Crippen LogP contribution in [-0.2, 0) is 0 Å². The summed E-state index contributed by atoms with van der Waals surface area (Å²) in [5.74, 6) is -0.0604. The minimum atomic E-state index is -0.838. The second kappa shape index (κ2) is 3.97. The summed E-state index contributed by atoms with van der Waals surface area (Å²) in [7, 11) is 0. The SMILES string of the molecule is C=Cc1ccc(C(=O)C(C)(C)Cl)cc1. The molecule has 1 rings (SSSR count). The third kappa shape index (κ3) is 2.46. The molecule has 0 aliphatic heterocycles. The molecule has 1 aromatic rings. The predicted molar refractivity (Wildman–Crippen MR) is 60.8 cm³/mol. The molecule has 0 saturated heterocycles. The van der Waals surface area contributed by atoms with E-state index < -0.39 is 4.87 Å². The van der Waals surface area contributed by atoms with Gasteiger partial charge in [-0.2, -0.15) is 0 Å². The van der Waals surface area contributed by atoms with Gasteiger partial charge in [0.05, 0.1) is 0 Å². The van der Waals surface area contributed by atoms with Gasteiger partial charge < -0.3 is 0 Å². The minimum Gasteiger partial charge on any atom is -0.292 e. The van der Waals surface area contributed by atoms with Gasteiger partial charge in [-0.3, -0.25) is 4.79 Å². The Hall–Kier alpha value is -1.08. The summed E-state index contributed by atoms with van der Waals surface area (Å²) in [6, 6.07) is 7.23. The van der Waals surface area contributed by atoms with Gasteiger partial charge in [-0.05, 0) is 19.4 Å². The number of carbonyl (C=O) groups is 1. The molecule has 14 heavy (non-hydrogen) atoms. The fraction of sp³-hybridized carbons (Fsp3) is 0.250. The van der Waals surface area contributed by atoms with E-state index in [-0.39, 0.29) is 5.78 Å². The highest BCUT2D eigenvalue weighted by atomic mass is 35.5. The fourth-order valence-corrected chi connectivity index (χ4v) is 1.22. The van der Waals surface area contributed by atoms with Gasteiger partial charge >= 0.3 is 0 Å². The number of carbonyl (C=O) groups excluding carboxylic acids is 1. The largest absolute Gasteiger partial charge is 0.292 e. The fourth-order valence-electron chi connectivity index (χ4n) is 1.11. The smallest absolute Gasteiger partial charge is 0.183 e. The normalized spacial score (nSPS) is 11.1. The van der Waals surface area contributed by atoms with Gasteiger partial charge in [0.15, 0.2) is 5.78 Å². The van der Waals surface area contributed by atoms with E-state index in [0.717, 1.165) is 5.56 Å². The number of hydrogen-bond donors (Lipinski definition) is 0. The zero-order valence-corrected chi connectivity index (χ0v) is 9.14. The van der Waals surface area contributed by atoms with Crippen LogP contribution in [0.5, 0.6) is 0 Å². The highest BCUT2D eigenvalue weighted by molar-refractivity contribution is 6.37. The van der Waals surface area contributed by atoms with Crippen LogP contribution in [0.25, 0.3) is 6.08 Å². The third-order valence-electron chi connectivity index (χ3n) is 1.95. The van der Waals surface area contributed by atoms with Crippen LogP contribution in [-0.4, -0.2) is 10.7 Å². The minimum absolute atomic E-state index is 0.0604. The van der Waals surface area contributed by atoms with Crippen molar-refractivity contribution in [1.29, 1.82) is 0 Å². The summed E-state index contributed by atoms with van der Waals surface area (Å²) >= 11 is 5.92. The maximum Gasteiger partial charge on any atom is 0.183 e. The molecule has 0 amide bonds. The van der Waals surface area contributed by atoms with Gasteiger partial charge in [0, 0.05) is 5.56 Å². The first-order valence-electron chi connectivity index (χ1n) is 4.41. The number of hydrogen-bond acceptors (Lipinski definition) is 1. The second-order valence-corrected chi connectivity index (χ2v) is 4.57. The van der Waals surface area contributed by atoms with E-state index in [4.69, 9.17) is 11.6 Å². The lowest BCUT2D eigenvalue weighted by Crippen LogP contribution is -2.24. The number of rotatable bonds is 3. The maximum absolute atomic E-state index is 11.7. The van der Waals surface area contributed by atoms with Crippen molar-refractivity contribution in [2.45, 2.75) is 18.7 Å². The molecule has 1 nitrogen and oxygen atoms in total. The highest BCUT2D eigenvalue weighted by Gasteiger charge is 2.25. The summed E-state index contributed by atoms with van der Waals surface area (Å²) in [5.41, 5.74) is 1.63. The first-order chi connectivity index (χ1) is 6.45. The molecule has 0 heterocycles. The van der Waals surface area contributed by atoms with Crippen LogP contribution in [0.2, 0.25) is 0 Å². The molecule has 74 valence electrons. The number of Topliss-reactive ketones (excluding diaryl/α,β-unsaturated/α-hetero) is 1. The molecule has 0 N–H and O–H groups in total. The Morgan fingerprint density at radius 1 is 1.36 bits per heavy atom. The Labute approximate surface area is 89.4 Å². The molecule has 0 aliphatic carbocycles. The molecular formula is C12H13ClO. The van der Waals surface area contributed by atoms with Gasteiger partial charge in [-0.15, -0.1) is 11.6 Å². The Kier molecular flexibility index (Phi) is 3.12. The molecule has 0 aromatic heterocycles. The van der Waals surface area contributed by atoms with E-state index in [1.54, 1.807) is 32.1 Å². The molecule has 0 unspecified atom stereocenters. The van der Waals surface area contributed by atoms with E-state index in [0.29, 0.717) is 5.56 Å². The highest BCUT2D eigenvalue weighted by Crippen LogP contribution is 2.20. The van der Waals surface area contributed by atoms with Crippen LogP contribution in [0.1, 0.15) is 29.8 Å². The van der Waals surface area contributed by atoms with Gasteiger partial charge in [0.2, 0.25) is 0 Å². The topological polar surface area (TPSA) is 17.1 Å². The predicted octanol–water partition coefficient (Wildman–Crippen LogP) is 3.53. The molecule has 0 bridgehead atoms. The summed E-state index contributed by atoms with van der Waals surface area (Å²) in [6.07, 6.45) is 1.74. The molecule has 0 aliphatic rings. The summed E-state index contributed by atoms with van der Waals surface area (Å²) in [4.78, 5) is 10.9. The van der Waals surface area contributed by atoms with Crippen LogP contribution in [0.3, 0.4) is 0 Å². The van der Waals surface area contributed by atoms with E-state index >= 15 is 0 Å².